The molecule has 0 unspecified atom stereocenters. The van der Waals surface area contributed by atoms with Crippen LogP contribution in [0.5, 0.6) is 11.5 Å². The van der Waals surface area contributed by atoms with E-state index in [1.54, 1.807) is 19.1 Å². The molecule has 1 aliphatic rings. The maximum absolute atomic E-state index is 13.6. The summed E-state index contributed by atoms with van der Waals surface area (Å²) in [5.41, 5.74) is 6.42. The summed E-state index contributed by atoms with van der Waals surface area (Å²) in [6, 6.07) is 13.5. The van der Waals surface area contributed by atoms with Crippen molar-refractivity contribution < 1.29 is 31.9 Å². The largest absolute Gasteiger partial charge is 0.486 e. The van der Waals surface area contributed by atoms with E-state index in [1.165, 1.54) is 36.4 Å². The molecular weight excluding hydrogens is 477 g/mol. The number of halogens is 1. The van der Waals surface area contributed by atoms with Gasteiger partial charge in [0.25, 0.3) is 10.0 Å². The minimum Gasteiger partial charge on any atom is -0.486 e. The van der Waals surface area contributed by atoms with Gasteiger partial charge in [0.2, 0.25) is 11.8 Å². The predicted octanol–water partition coefficient (Wildman–Crippen LogP) is 2.84. The molecule has 0 fully saturated rings. The molecule has 3 N–H and O–H groups in total. The van der Waals surface area contributed by atoms with Crippen LogP contribution in [0.2, 0.25) is 0 Å². The average molecular weight is 500 g/mol. The number of ether oxygens (including phenoxy) is 2. The molecule has 4 rings (SSSR count). The minimum atomic E-state index is -4.28. The summed E-state index contributed by atoms with van der Waals surface area (Å²) in [6.45, 7) is 1.60. The van der Waals surface area contributed by atoms with Gasteiger partial charge in [0.05, 0.1) is 10.6 Å². The molecule has 11 heteroatoms. The molecule has 3 aromatic carbocycles. The third-order valence-electron chi connectivity index (χ3n) is 5.38. The van der Waals surface area contributed by atoms with Crippen molar-refractivity contribution in [3.05, 3.63) is 77.6 Å². The quantitative estimate of drug-likeness (QED) is 0.515. The Morgan fingerprint density at radius 3 is 2.40 bits per heavy atom. The van der Waals surface area contributed by atoms with Crippen LogP contribution >= 0.6 is 0 Å². The molecule has 0 saturated heterocycles. The number of nitrogens with two attached hydrogens (primary N) is 1. The van der Waals surface area contributed by atoms with Gasteiger partial charge in [0.1, 0.15) is 25.6 Å². The Hall–Kier alpha value is -4.12. The van der Waals surface area contributed by atoms with E-state index in [0.29, 0.717) is 23.6 Å². The first kappa shape index (κ1) is 24.0. The number of hydrogen-bond donors (Lipinski definition) is 2. The third kappa shape index (κ3) is 5.04. The standard InChI is InChI=1S/C24H22FN3O6S/c1-15-19(24(26)30)3-2-4-20(15)27-23(29)14-28(17-7-5-16(25)6-8-17)35(31,32)18-9-10-21-22(13-18)34-12-11-33-21/h2-10,13H,11-12,14H2,1H3,(H2,26,30)(H,27,29). The van der Waals surface area contributed by atoms with E-state index < -0.39 is 34.2 Å². The van der Waals surface area contributed by atoms with Gasteiger partial charge < -0.3 is 20.5 Å². The minimum absolute atomic E-state index is 0.0825. The molecule has 9 nitrogen and oxygen atoms in total. The van der Waals surface area contributed by atoms with Crippen molar-refractivity contribution in [1.29, 1.82) is 0 Å². The molecule has 0 aromatic heterocycles. The first-order valence-corrected chi connectivity index (χ1v) is 12.0. The number of rotatable bonds is 7. The number of anilines is 2. The Bertz CT molecular complexity index is 1390. The van der Waals surface area contributed by atoms with Crippen LogP contribution in [-0.4, -0.2) is 40.0 Å². The number of benzene rings is 3. The van der Waals surface area contributed by atoms with E-state index in [1.807, 2.05) is 0 Å². The number of primary amides is 1. The number of fused-ring (bicyclic) bond motifs is 1. The number of carbonyl (C=O) groups excluding carboxylic acids is 2. The summed E-state index contributed by atoms with van der Waals surface area (Å²) in [7, 11) is -4.28. The molecular formula is C24H22FN3O6S. The van der Waals surface area contributed by atoms with Crippen LogP contribution < -0.4 is 24.8 Å². The molecule has 0 saturated carbocycles. The molecule has 1 aliphatic heterocycles. The van der Waals surface area contributed by atoms with Crippen molar-refractivity contribution in [2.24, 2.45) is 5.73 Å². The lowest BCUT2D eigenvalue weighted by Crippen LogP contribution is -2.38. The molecule has 35 heavy (non-hydrogen) atoms. The number of hydrogen-bond acceptors (Lipinski definition) is 6. The molecule has 0 spiro atoms. The van der Waals surface area contributed by atoms with Gasteiger partial charge >= 0.3 is 0 Å². The molecule has 0 atom stereocenters. The lowest BCUT2D eigenvalue weighted by molar-refractivity contribution is -0.114. The molecule has 182 valence electrons. The zero-order valence-electron chi connectivity index (χ0n) is 18.7. The molecule has 0 aliphatic carbocycles. The van der Waals surface area contributed by atoms with Crippen LogP contribution in [0.3, 0.4) is 0 Å². The summed E-state index contributed by atoms with van der Waals surface area (Å²) >= 11 is 0. The fourth-order valence-corrected chi connectivity index (χ4v) is 5.03. The normalized spacial score (nSPS) is 12.6. The highest BCUT2D eigenvalue weighted by Crippen LogP contribution is 2.34. The van der Waals surface area contributed by atoms with Gasteiger partial charge in [0, 0.05) is 17.3 Å². The van der Waals surface area contributed by atoms with Crippen molar-refractivity contribution in [1.82, 2.24) is 0 Å². The monoisotopic (exact) mass is 499 g/mol. The van der Waals surface area contributed by atoms with Gasteiger partial charge in [-0.05, 0) is 61.0 Å². The summed E-state index contributed by atoms with van der Waals surface area (Å²) in [5, 5.41) is 2.62. The summed E-state index contributed by atoms with van der Waals surface area (Å²) < 4.78 is 52.5. The molecule has 2 amide bonds. The van der Waals surface area contributed by atoms with E-state index in [2.05, 4.69) is 5.32 Å². The van der Waals surface area contributed by atoms with Crippen LogP contribution in [0, 0.1) is 12.7 Å². The van der Waals surface area contributed by atoms with Gasteiger partial charge in [0.15, 0.2) is 11.5 Å². The Kier molecular flexibility index (Phi) is 6.61. The number of sulfonamides is 1. The first-order valence-electron chi connectivity index (χ1n) is 10.5. The van der Waals surface area contributed by atoms with Crippen molar-refractivity contribution >= 4 is 33.2 Å². The van der Waals surface area contributed by atoms with Crippen molar-refractivity contribution in [3.63, 3.8) is 0 Å². The van der Waals surface area contributed by atoms with Crippen molar-refractivity contribution in [2.75, 3.05) is 29.4 Å². The van der Waals surface area contributed by atoms with Gasteiger partial charge in [-0.15, -0.1) is 0 Å². The van der Waals surface area contributed by atoms with E-state index in [4.69, 9.17) is 15.2 Å². The Labute approximate surface area is 201 Å². The molecule has 1 heterocycles. The topological polar surface area (TPSA) is 128 Å². The highest BCUT2D eigenvalue weighted by atomic mass is 32.2. The third-order valence-corrected chi connectivity index (χ3v) is 7.15. The second-order valence-corrected chi connectivity index (χ2v) is 9.55. The fraction of sp³-hybridized carbons (Fsp3) is 0.167. The number of amides is 2. The van der Waals surface area contributed by atoms with Gasteiger partial charge in [-0.1, -0.05) is 6.07 Å². The van der Waals surface area contributed by atoms with Crippen LogP contribution in [0.4, 0.5) is 15.8 Å². The highest BCUT2D eigenvalue weighted by Gasteiger charge is 2.29. The van der Waals surface area contributed by atoms with Crippen LogP contribution in [0.1, 0.15) is 15.9 Å². The second kappa shape index (κ2) is 9.63. The van der Waals surface area contributed by atoms with Gasteiger partial charge in [-0.3, -0.25) is 13.9 Å². The van der Waals surface area contributed by atoms with E-state index >= 15 is 0 Å². The van der Waals surface area contributed by atoms with E-state index in [9.17, 15) is 22.4 Å². The Morgan fingerprint density at radius 1 is 1.03 bits per heavy atom. The maximum Gasteiger partial charge on any atom is 0.264 e. The second-order valence-electron chi connectivity index (χ2n) is 7.68. The molecule has 0 bridgehead atoms. The first-order chi connectivity index (χ1) is 16.7. The van der Waals surface area contributed by atoms with Crippen molar-refractivity contribution in [3.8, 4) is 11.5 Å². The highest BCUT2D eigenvalue weighted by molar-refractivity contribution is 7.92. The van der Waals surface area contributed by atoms with E-state index in [-0.39, 0.29) is 28.5 Å². The lowest BCUT2D eigenvalue weighted by Gasteiger charge is -2.25. The summed E-state index contributed by atoms with van der Waals surface area (Å²) in [6.07, 6.45) is 0. The van der Waals surface area contributed by atoms with Crippen LogP contribution in [-0.2, 0) is 14.8 Å². The van der Waals surface area contributed by atoms with Crippen molar-refractivity contribution in [2.45, 2.75) is 11.8 Å². The SMILES string of the molecule is Cc1c(NC(=O)CN(c2ccc(F)cc2)S(=O)(=O)c2ccc3c(c2)OCCO3)cccc1C(N)=O. The zero-order valence-corrected chi connectivity index (χ0v) is 19.5. The average Bonchev–Trinajstić information content (AvgIpc) is 2.84. The fourth-order valence-electron chi connectivity index (χ4n) is 3.59. The smallest absolute Gasteiger partial charge is 0.264 e. The maximum atomic E-state index is 13.6. The van der Waals surface area contributed by atoms with Crippen LogP contribution in [0.25, 0.3) is 0 Å². The number of nitrogens with one attached hydrogen (secondary N) is 1. The molecule has 3 aromatic rings. The Balaban J connectivity index is 1.67. The molecule has 0 radical (unpaired) electrons. The van der Waals surface area contributed by atoms with Gasteiger partial charge in [-0.2, -0.15) is 0 Å². The summed E-state index contributed by atoms with van der Waals surface area (Å²) in [5.74, 6) is -1.23. The number of carbonyl (C=O) groups is 2. The number of nitrogens with zero attached hydrogens (tertiary/aromatic N) is 1. The lowest BCUT2D eigenvalue weighted by atomic mass is 10.1. The Morgan fingerprint density at radius 2 is 1.71 bits per heavy atom. The summed E-state index contributed by atoms with van der Waals surface area (Å²) in [4.78, 5) is 24.4. The van der Waals surface area contributed by atoms with Crippen LogP contribution in [0.15, 0.2) is 65.6 Å². The van der Waals surface area contributed by atoms with E-state index in [0.717, 1.165) is 16.4 Å². The predicted molar refractivity (Wildman–Crippen MR) is 127 cm³/mol. The van der Waals surface area contributed by atoms with Gasteiger partial charge in [-0.25, -0.2) is 12.8 Å². The zero-order chi connectivity index (χ0) is 25.2.